The second-order valence-electron chi connectivity index (χ2n) is 6.63. The summed E-state index contributed by atoms with van der Waals surface area (Å²) in [5, 5.41) is 7.44. The molecule has 2 aromatic carbocycles. The lowest BCUT2D eigenvalue weighted by Gasteiger charge is -2.32. The molecule has 1 atom stereocenters. The Kier molecular flexibility index (Phi) is 5.21. The standard InChI is InChI=1S/C20H15BrF3N5O2/c1-31-11-6-7-14-15(8-11)29-19(28-14,20(22,23)24)16-9-26-17(10-25-16)27-18(30)12-4-2-3-5-13(12)21/h2-10,28-29H,1H3,(H,26,27,30). The number of hydrogen-bond donors (Lipinski definition) is 3. The van der Waals surface area contributed by atoms with Crippen LogP contribution in [0.25, 0.3) is 0 Å². The molecular formula is C20H15BrF3N5O2. The predicted molar refractivity (Wildman–Crippen MR) is 112 cm³/mol. The fourth-order valence-electron chi connectivity index (χ4n) is 3.13. The highest BCUT2D eigenvalue weighted by molar-refractivity contribution is 9.10. The van der Waals surface area contributed by atoms with Gasteiger partial charge in [-0.25, -0.2) is 4.98 Å². The van der Waals surface area contributed by atoms with E-state index >= 15 is 0 Å². The molecule has 0 bridgehead atoms. The molecule has 4 rings (SSSR count). The highest BCUT2D eigenvalue weighted by atomic mass is 79.9. The van der Waals surface area contributed by atoms with Crippen molar-refractivity contribution in [1.29, 1.82) is 0 Å². The van der Waals surface area contributed by atoms with Gasteiger partial charge in [0.15, 0.2) is 5.82 Å². The minimum Gasteiger partial charge on any atom is -0.497 e. The number of carbonyl (C=O) groups is 1. The fraction of sp³-hybridized carbons (Fsp3) is 0.150. The maximum Gasteiger partial charge on any atom is 0.436 e. The molecule has 1 aromatic heterocycles. The van der Waals surface area contributed by atoms with E-state index in [1.807, 2.05) is 0 Å². The number of nitrogens with one attached hydrogen (secondary N) is 3. The number of halogens is 4. The molecule has 0 fully saturated rings. The maximum atomic E-state index is 14.1. The normalized spacial score (nSPS) is 17.3. The smallest absolute Gasteiger partial charge is 0.436 e. The van der Waals surface area contributed by atoms with Crippen LogP contribution in [-0.2, 0) is 5.66 Å². The third-order valence-electron chi connectivity index (χ3n) is 4.69. The summed E-state index contributed by atoms with van der Waals surface area (Å²) in [6.45, 7) is 0. The van der Waals surface area contributed by atoms with Gasteiger partial charge in [0.25, 0.3) is 11.6 Å². The van der Waals surface area contributed by atoms with Crippen molar-refractivity contribution in [3.05, 3.63) is 70.6 Å². The quantitative estimate of drug-likeness (QED) is 0.485. The molecule has 0 aliphatic carbocycles. The zero-order valence-corrected chi connectivity index (χ0v) is 17.5. The summed E-state index contributed by atoms with van der Waals surface area (Å²) in [5.41, 5.74) is -2.28. The highest BCUT2D eigenvalue weighted by Crippen LogP contribution is 2.48. The van der Waals surface area contributed by atoms with Crippen LogP contribution in [0.4, 0.5) is 30.4 Å². The number of rotatable bonds is 4. The van der Waals surface area contributed by atoms with Gasteiger partial charge in [-0.05, 0) is 40.2 Å². The summed E-state index contributed by atoms with van der Waals surface area (Å²) in [6.07, 6.45) is -2.72. The zero-order valence-electron chi connectivity index (χ0n) is 15.9. The monoisotopic (exact) mass is 493 g/mol. The van der Waals surface area contributed by atoms with Crippen molar-refractivity contribution >= 4 is 39.0 Å². The fourth-order valence-corrected chi connectivity index (χ4v) is 3.59. The summed E-state index contributed by atoms with van der Waals surface area (Å²) in [5.74, 6) is -0.0575. The van der Waals surface area contributed by atoms with Crippen molar-refractivity contribution in [1.82, 2.24) is 9.97 Å². The molecule has 1 unspecified atom stereocenters. The van der Waals surface area contributed by atoms with Crippen LogP contribution in [0, 0.1) is 0 Å². The first-order chi connectivity index (χ1) is 14.7. The third kappa shape index (κ3) is 3.76. The summed E-state index contributed by atoms with van der Waals surface area (Å²) in [4.78, 5) is 20.3. The van der Waals surface area contributed by atoms with E-state index in [-0.39, 0.29) is 17.2 Å². The topological polar surface area (TPSA) is 88.2 Å². The van der Waals surface area contributed by atoms with Crippen LogP contribution in [0.2, 0.25) is 0 Å². The molecule has 1 aliphatic rings. The predicted octanol–water partition coefficient (Wildman–Crippen LogP) is 4.75. The molecule has 1 amide bonds. The number of benzene rings is 2. The Hall–Kier alpha value is -3.34. The number of carbonyl (C=O) groups excluding carboxylic acids is 1. The van der Waals surface area contributed by atoms with E-state index in [1.165, 1.54) is 19.2 Å². The molecule has 3 N–H and O–H groups in total. The molecule has 0 saturated heterocycles. The first-order valence-electron chi connectivity index (χ1n) is 8.93. The average Bonchev–Trinajstić information content (AvgIpc) is 3.14. The van der Waals surface area contributed by atoms with Crippen LogP contribution in [0.15, 0.2) is 59.3 Å². The van der Waals surface area contributed by atoms with E-state index in [4.69, 9.17) is 4.74 Å². The van der Waals surface area contributed by atoms with Crippen molar-refractivity contribution in [2.45, 2.75) is 11.8 Å². The number of alkyl halides is 3. The van der Waals surface area contributed by atoms with Gasteiger partial charge in [0.1, 0.15) is 11.4 Å². The summed E-state index contributed by atoms with van der Waals surface area (Å²) in [6, 6.07) is 11.2. The molecular weight excluding hydrogens is 479 g/mol. The van der Waals surface area contributed by atoms with E-state index < -0.39 is 23.4 Å². The zero-order chi connectivity index (χ0) is 22.2. The van der Waals surface area contributed by atoms with E-state index in [0.717, 1.165) is 12.4 Å². The van der Waals surface area contributed by atoms with Crippen molar-refractivity contribution in [3.63, 3.8) is 0 Å². The van der Waals surface area contributed by atoms with Crippen LogP contribution in [0.5, 0.6) is 5.75 Å². The van der Waals surface area contributed by atoms with Gasteiger partial charge in [0, 0.05) is 10.5 Å². The number of aromatic nitrogens is 2. The van der Waals surface area contributed by atoms with Gasteiger partial charge in [-0.15, -0.1) is 0 Å². The molecule has 0 radical (unpaired) electrons. The van der Waals surface area contributed by atoms with Crippen LogP contribution in [0.3, 0.4) is 0 Å². The molecule has 31 heavy (non-hydrogen) atoms. The number of methoxy groups -OCH3 is 1. The molecule has 160 valence electrons. The molecule has 7 nitrogen and oxygen atoms in total. The molecule has 1 aliphatic heterocycles. The Balaban J connectivity index is 1.62. The van der Waals surface area contributed by atoms with Crippen molar-refractivity contribution in [2.24, 2.45) is 0 Å². The lowest BCUT2D eigenvalue weighted by molar-refractivity contribution is -0.173. The van der Waals surface area contributed by atoms with E-state index in [1.54, 1.807) is 30.3 Å². The maximum absolute atomic E-state index is 14.1. The van der Waals surface area contributed by atoms with Gasteiger partial charge < -0.3 is 20.7 Å². The Morgan fingerprint density at radius 2 is 1.84 bits per heavy atom. The Labute approximate surface area is 183 Å². The third-order valence-corrected chi connectivity index (χ3v) is 5.38. The lowest BCUT2D eigenvalue weighted by Crippen LogP contribution is -2.52. The van der Waals surface area contributed by atoms with Crippen molar-refractivity contribution < 1.29 is 22.7 Å². The first-order valence-corrected chi connectivity index (χ1v) is 9.72. The highest BCUT2D eigenvalue weighted by Gasteiger charge is 2.61. The summed E-state index contributed by atoms with van der Waals surface area (Å²) >= 11 is 3.27. The van der Waals surface area contributed by atoms with Crippen LogP contribution < -0.4 is 20.7 Å². The second-order valence-corrected chi connectivity index (χ2v) is 7.48. The first kappa shape index (κ1) is 20.9. The van der Waals surface area contributed by atoms with Crippen LogP contribution in [-0.4, -0.2) is 29.2 Å². The van der Waals surface area contributed by atoms with Gasteiger partial charge in [0.05, 0.1) is 36.4 Å². The van der Waals surface area contributed by atoms with Gasteiger partial charge in [-0.3, -0.25) is 9.78 Å². The number of anilines is 3. The molecule has 0 spiro atoms. The number of hydrogen-bond acceptors (Lipinski definition) is 6. The van der Waals surface area contributed by atoms with Gasteiger partial charge >= 0.3 is 6.18 Å². The van der Waals surface area contributed by atoms with Gasteiger partial charge in [0.2, 0.25) is 0 Å². The van der Waals surface area contributed by atoms with Crippen molar-refractivity contribution in [3.8, 4) is 5.75 Å². The van der Waals surface area contributed by atoms with E-state index in [0.29, 0.717) is 15.8 Å². The average molecular weight is 494 g/mol. The SMILES string of the molecule is COc1ccc2c(c1)NC(c1cnc(NC(=O)c3ccccc3Br)cn1)(C(F)(F)F)N2. The van der Waals surface area contributed by atoms with E-state index in [9.17, 15) is 18.0 Å². The number of ether oxygens (including phenoxy) is 1. The number of amides is 1. The van der Waals surface area contributed by atoms with Gasteiger partial charge in [-0.1, -0.05) is 12.1 Å². The van der Waals surface area contributed by atoms with Crippen LogP contribution in [0.1, 0.15) is 16.1 Å². The molecule has 11 heteroatoms. The largest absolute Gasteiger partial charge is 0.497 e. The Bertz CT molecular complexity index is 1140. The summed E-state index contributed by atoms with van der Waals surface area (Å²) in [7, 11) is 1.42. The van der Waals surface area contributed by atoms with Gasteiger partial charge in [-0.2, -0.15) is 13.2 Å². The number of nitrogens with zero attached hydrogens (tertiary/aromatic N) is 2. The minimum absolute atomic E-state index is 0.0130. The second kappa shape index (κ2) is 7.73. The van der Waals surface area contributed by atoms with Crippen LogP contribution >= 0.6 is 15.9 Å². The Morgan fingerprint density at radius 1 is 1.10 bits per heavy atom. The number of fused-ring (bicyclic) bond motifs is 1. The Morgan fingerprint density at radius 3 is 2.48 bits per heavy atom. The summed E-state index contributed by atoms with van der Waals surface area (Å²) < 4.78 is 48.0. The van der Waals surface area contributed by atoms with E-state index in [2.05, 4.69) is 41.8 Å². The molecule has 2 heterocycles. The molecule has 0 saturated carbocycles. The molecule has 3 aromatic rings. The van der Waals surface area contributed by atoms with Crippen molar-refractivity contribution in [2.75, 3.05) is 23.1 Å². The lowest BCUT2D eigenvalue weighted by atomic mass is 10.1. The minimum atomic E-state index is -4.76.